The van der Waals surface area contributed by atoms with Crippen molar-refractivity contribution in [1.82, 2.24) is 14.5 Å². The number of piperidine rings is 1. The number of aromatic nitrogens is 2. The van der Waals surface area contributed by atoms with Crippen molar-refractivity contribution >= 4 is 5.69 Å². The van der Waals surface area contributed by atoms with Crippen molar-refractivity contribution < 1.29 is 4.74 Å². The number of hydrogen-bond acceptors (Lipinski definition) is 4. The second kappa shape index (κ2) is 6.57. The highest BCUT2D eigenvalue weighted by Crippen LogP contribution is 2.32. The summed E-state index contributed by atoms with van der Waals surface area (Å²) in [5.41, 5.74) is 2.54. The van der Waals surface area contributed by atoms with Gasteiger partial charge in [0.1, 0.15) is 0 Å². The minimum atomic E-state index is -0.0368. The Morgan fingerprint density at radius 1 is 1.17 bits per heavy atom. The average molecular weight is 326 g/mol. The number of anilines is 1. The molecule has 5 nitrogen and oxygen atoms in total. The summed E-state index contributed by atoms with van der Waals surface area (Å²) in [4.78, 5) is 9.25. The van der Waals surface area contributed by atoms with E-state index in [0.29, 0.717) is 0 Å². The summed E-state index contributed by atoms with van der Waals surface area (Å²) in [5, 5.41) is 0. The van der Waals surface area contributed by atoms with Gasteiger partial charge in [-0.25, -0.2) is 4.98 Å². The summed E-state index contributed by atoms with van der Waals surface area (Å²) in [7, 11) is 2.07. The molecule has 0 radical (unpaired) electrons. The minimum absolute atomic E-state index is 0.0368. The maximum absolute atomic E-state index is 6.33. The van der Waals surface area contributed by atoms with E-state index < -0.39 is 0 Å². The Bertz CT molecular complexity index is 667. The minimum Gasteiger partial charge on any atom is -0.370 e. The van der Waals surface area contributed by atoms with Crippen LogP contribution in [0.1, 0.15) is 18.5 Å². The van der Waals surface area contributed by atoms with Gasteiger partial charge in [0.05, 0.1) is 24.2 Å². The summed E-state index contributed by atoms with van der Waals surface area (Å²) in [6.07, 6.45) is 6.19. The third-order valence-electron chi connectivity index (χ3n) is 5.29. The number of morpholine rings is 1. The molecule has 0 amide bonds. The number of para-hydroxylation sites is 1. The predicted octanol–water partition coefficient (Wildman–Crippen LogP) is 2.29. The summed E-state index contributed by atoms with van der Waals surface area (Å²) in [5.74, 6) is 0. The van der Waals surface area contributed by atoms with Gasteiger partial charge in [0, 0.05) is 51.7 Å². The molecule has 0 bridgehead atoms. The van der Waals surface area contributed by atoms with Crippen LogP contribution in [-0.4, -0.2) is 52.8 Å². The van der Waals surface area contributed by atoms with Gasteiger partial charge in [-0.3, -0.25) is 4.90 Å². The zero-order valence-electron chi connectivity index (χ0n) is 14.4. The molecule has 24 heavy (non-hydrogen) atoms. The molecule has 5 heteroatoms. The first-order valence-electron chi connectivity index (χ1n) is 8.86. The second-order valence-electron chi connectivity index (χ2n) is 7.10. The standard InChI is InChI=1S/C19H26N4O/c1-21-16-20-12-18(21)13-22-10-11-24-19(14-22)8-5-9-23(15-19)17-6-3-2-4-7-17/h2-4,6-7,12,16H,5,8-11,13-15H2,1H3. The summed E-state index contributed by atoms with van der Waals surface area (Å²) in [6.45, 7) is 5.88. The van der Waals surface area contributed by atoms with Crippen LogP contribution in [0, 0.1) is 0 Å². The monoisotopic (exact) mass is 326 g/mol. The topological polar surface area (TPSA) is 33.5 Å². The van der Waals surface area contributed by atoms with E-state index in [1.165, 1.54) is 17.8 Å². The van der Waals surface area contributed by atoms with E-state index in [2.05, 4.69) is 56.7 Å². The molecule has 2 aromatic rings. The highest BCUT2D eigenvalue weighted by molar-refractivity contribution is 5.47. The van der Waals surface area contributed by atoms with Gasteiger partial charge in [0.25, 0.3) is 0 Å². The van der Waals surface area contributed by atoms with Gasteiger partial charge in [0.15, 0.2) is 0 Å². The fourth-order valence-electron chi connectivity index (χ4n) is 4.03. The molecule has 1 atom stereocenters. The lowest BCUT2D eigenvalue weighted by molar-refractivity contribution is -0.116. The van der Waals surface area contributed by atoms with Crippen LogP contribution in [0.4, 0.5) is 5.69 Å². The Kier molecular flexibility index (Phi) is 4.29. The maximum Gasteiger partial charge on any atom is 0.0983 e. The molecular weight excluding hydrogens is 300 g/mol. The molecule has 2 fully saturated rings. The van der Waals surface area contributed by atoms with Crippen LogP contribution in [0.3, 0.4) is 0 Å². The largest absolute Gasteiger partial charge is 0.370 e. The van der Waals surface area contributed by atoms with Crippen molar-refractivity contribution in [2.75, 3.05) is 37.7 Å². The van der Waals surface area contributed by atoms with Crippen LogP contribution >= 0.6 is 0 Å². The highest BCUT2D eigenvalue weighted by Gasteiger charge is 2.40. The molecule has 3 heterocycles. The molecule has 0 saturated carbocycles. The highest BCUT2D eigenvalue weighted by atomic mass is 16.5. The third-order valence-corrected chi connectivity index (χ3v) is 5.29. The van der Waals surface area contributed by atoms with Gasteiger partial charge in [-0.1, -0.05) is 18.2 Å². The van der Waals surface area contributed by atoms with Crippen LogP contribution in [0.15, 0.2) is 42.9 Å². The molecular formula is C19H26N4O. The Hall–Kier alpha value is -1.85. The van der Waals surface area contributed by atoms with E-state index in [-0.39, 0.29) is 5.60 Å². The first-order chi connectivity index (χ1) is 11.7. The van der Waals surface area contributed by atoms with Gasteiger partial charge >= 0.3 is 0 Å². The SMILES string of the molecule is Cn1cncc1CN1CCOC2(CCCN(c3ccccc3)C2)C1. The lowest BCUT2D eigenvalue weighted by Gasteiger charge is -2.48. The summed E-state index contributed by atoms with van der Waals surface area (Å²) < 4.78 is 8.44. The van der Waals surface area contributed by atoms with Crippen LogP contribution in [-0.2, 0) is 18.3 Å². The third kappa shape index (κ3) is 3.19. The number of hydrogen-bond donors (Lipinski definition) is 0. The molecule has 2 aliphatic rings. The first kappa shape index (κ1) is 15.7. The molecule has 0 aliphatic carbocycles. The lowest BCUT2D eigenvalue weighted by atomic mass is 9.90. The van der Waals surface area contributed by atoms with Gasteiger partial charge in [-0.05, 0) is 25.0 Å². The zero-order valence-corrected chi connectivity index (χ0v) is 14.4. The molecule has 128 valence electrons. The summed E-state index contributed by atoms with van der Waals surface area (Å²) >= 11 is 0. The lowest BCUT2D eigenvalue weighted by Crippen LogP contribution is -2.59. The van der Waals surface area contributed by atoms with E-state index in [0.717, 1.165) is 45.8 Å². The normalized spacial score (nSPS) is 25.3. The van der Waals surface area contributed by atoms with Crippen molar-refractivity contribution in [3.63, 3.8) is 0 Å². The fraction of sp³-hybridized carbons (Fsp3) is 0.526. The number of ether oxygens (including phenoxy) is 1. The van der Waals surface area contributed by atoms with Crippen LogP contribution in [0.25, 0.3) is 0 Å². The number of nitrogens with zero attached hydrogens (tertiary/aromatic N) is 4. The van der Waals surface area contributed by atoms with Crippen molar-refractivity contribution in [3.8, 4) is 0 Å². The number of imidazole rings is 1. The molecule has 1 aromatic carbocycles. The van der Waals surface area contributed by atoms with Crippen LogP contribution in [0.5, 0.6) is 0 Å². The number of aryl methyl sites for hydroxylation is 1. The second-order valence-corrected chi connectivity index (χ2v) is 7.10. The van der Waals surface area contributed by atoms with Crippen LogP contribution in [0.2, 0.25) is 0 Å². The number of benzene rings is 1. The predicted molar refractivity (Wildman–Crippen MR) is 95.1 cm³/mol. The zero-order chi connectivity index (χ0) is 16.4. The quantitative estimate of drug-likeness (QED) is 0.867. The van der Waals surface area contributed by atoms with Crippen molar-refractivity contribution in [3.05, 3.63) is 48.5 Å². The van der Waals surface area contributed by atoms with Gasteiger partial charge in [-0.2, -0.15) is 0 Å². The average Bonchev–Trinajstić information content (AvgIpc) is 3.01. The van der Waals surface area contributed by atoms with Crippen molar-refractivity contribution in [2.45, 2.75) is 25.0 Å². The smallest absolute Gasteiger partial charge is 0.0983 e. The van der Waals surface area contributed by atoms with Gasteiger partial charge in [-0.15, -0.1) is 0 Å². The molecule has 2 aliphatic heterocycles. The van der Waals surface area contributed by atoms with E-state index in [9.17, 15) is 0 Å². The first-order valence-corrected chi connectivity index (χ1v) is 8.86. The van der Waals surface area contributed by atoms with E-state index in [1.807, 2.05) is 12.5 Å². The summed E-state index contributed by atoms with van der Waals surface area (Å²) in [6, 6.07) is 10.7. The van der Waals surface area contributed by atoms with E-state index >= 15 is 0 Å². The Labute approximate surface area is 143 Å². The maximum atomic E-state index is 6.33. The molecule has 2 saturated heterocycles. The van der Waals surface area contributed by atoms with Gasteiger partial charge in [0.2, 0.25) is 0 Å². The molecule has 1 spiro atoms. The van der Waals surface area contributed by atoms with Crippen LogP contribution < -0.4 is 4.90 Å². The Balaban J connectivity index is 1.46. The number of rotatable bonds is 3. The molecule has 1 aromatic heterocycles. The van der Waals surface area contributed by atoms with Gasteiger partial charge < -0.3 is 14.2 Å². The fourth-order valence-corrected chi connectivity index (χ4v) is 4.03. The van der Waals surface area contributed by atoms with Crippen molar-refractivity contribution in [1.29, 1.82) is 0 Å². The van der Waals surface area contributed by atoms with Crippen molar-refractivity contribution in [2.24, 2.45) is 7.05 Å². The molecule has 4 rings (SSSR count). The molecule has 1 unspecified atom stereocenters. The molecule has 0 N–H and O–H groups in total. The Morgan fingerprint density at radius 2 is 2.04 bits per heavy atom. The van der Waals surface area contributed by atoms with E-state index in [4.69, 9.17) is 4.74 Å². The van der Waals surface area contributed by atoms with E-state index in [1.54, 1.807) is 0 Å². The Morgan fingerprint density at radius 3 is 2.83 bits per heavy atom.